The Kier molecular flexibility index (Phi) is 5.37. The van der Waals surface area contributed by atoms with E-state index in [2.05, 4.69) is 14.9 Å². The number of fused-ring (bicyclic) bond motifs is 1. The van der Waals surface area contributed by atoms with E-state index in [-0.39, 0.29) is 16.8 Å². The van der Waals surface area contributed by atoms with E-state index in [1.165, 1.54) is 23.4 Å². The molecule has 1 amide bonds. The monoisotopic (exact) mass is 434 g/mol. The number of ether oxygens (including phenoxy) is 2. The van der Waals surface area contributed by atoms with Crippen molar-refractivity contribution in [2.45, 2.75) is 23.8 Å². The van der Waals surface area contributed by atoms with Crippen LogP contribution in [0.25, 0.3) is 0 Å². The van der Waals surface area contributed by atoms with Gasteiger partial charge in [-0.3, -0.25) is 0 Å². The number of hydrogen-bond acceptors (Lipinski definition) is 8. The summed E-state index contributed by atoms with van der Waals surface area (Å²) in [6, 6.07) is 6.23. The van der Waals surface area contributed by atoms with E-state index in [1.807, 2.05) is 0 Å². The number of carboxylic acid groups (broad SMARTS) is 1. The van der Waals surface area contributed by atoms with Crippen molar-refractivity contribution in [1.29, 1.82) is 0 Å². The van der Waals surface area contributed by atoms with E-state index in [0.29, 0.717) is 56.4 Å². The van der Waals surface area contributed by atoms with Gasteiger partial charge in [0, 0.05) is 25.4 Å². The molecule has 0 saturated carbocycles. The molecule has 2 aliphatic heterocycles. The summed E-state index contributed by atoms with van der Waals surface area (Å²) in [6.45, 7) is 2.04. The van der Waals surface area contributed by atoms with Crippen LogP contribution in [0.15, 0.2) is 35.5 Å². The number of nitrogens with zero attached hydrogens (tertiary/aromatic N) is 4. The number of benzene rings is 1. The first kappa shape index (κ1) is 20.2. The Hall–Kier alpha value is -3.08. The summed E-state index contributed by atoms with van der Waals surface area (Å²) in [7, 11) is -3.29. The molecule has 0 unspecified atom stereocenters. The zero-order valence-electron chi connectivity index (χ0n) is 16.4. The van der Waals surface area contributed by atoms with E-state index in [4.69, 9.17) is 14.6 Å². The van der Waals surface area contributed by atoms with Gasteiger partial charge in [0.2, 0.25) is 5.75 Å². The van der Waals surface area contributed by atoms with Crippen LogP contribution in [0.3, 0.4) is 0 Å². The summed E-state index contributed by atoms with van der Waals surface area (Å²) in [4.78, 5) is 23.5. The normalized spacial score (nSPS) is 17.2. The molecular formula is C19H22N4O6S. The fraction of sp³-hybridized carbons (Fsp3) is 0.421. The van der Waals surface area contributed by atoms with Gasteiger partial charge in [0.25, 0.3) is 5.88 Å². The molecular weight excluding hydrogens is 412 g/mol. The number of sulfone groups is 1. The average Bonchev–Trinajstić information content (AvgIpc) is 2.73. The van der Waals surface area contributed by atoms with Gasteiger partial charge in [0.05, 0.1) is 11.4 Å². The van der Waals surface area contributed by atoms with Crippen molar-refractivity contribution in [1.82, 2.24) is 14.9 Å². The molecule has 11 heteroatoms. The quantitative estimate of drug-likeness (QED) is 0.770. The number of amides is 1. The molecule has 160 valence electrons. The number of anilines is 1. The van der Waals surface area contributed by atoms with E-state index < -0.39 is 15.9 Å². The molecule has 0 bridgehead atoms. The first-order chi connectivity index (χ1) is 14.3. The van der Waals surface area contributed by atoms with Crippen molar-refractivity contribution in [3.05, 3.63) is 30.6 Å². The lowest BCUT2D eigenvalue weighted by molar-refractivity contribution is 0.130. The molecule has 4 rings (SSSR count). The second-order valence-corrected chi connectivity index (χ2v) is 9.24. The lowest BCUT2D eigenvalue weighted by Crippen LogP contribution is -2.49. The zero-order chi connectivity index (χ0) is 21.3. The summed E-state index contributed by atoms with van der Waals surface area (Å²) < 4.78 is 34.9. The number of rotatable bonds is 4. The topological polar surface area (TPSA) is 122 Å². The number of piperidine rings is 1. The van der Waals surface area contributed by atoms with Gasteiger partial charge in [-0.25, -0.2) is 18.2 Å². The number of likely N-dealkylation sites (tertiary alicyclic amines) is 1. The van der Waals surface area contributed by atoms with Gasteiger partial charge >= 0.3 is 6.09 Å². The SMILES string of the molecule is CS(=O)(=O)c1ccc(Oc2ncnc3c2OCCN3C2CCN(C(=O)O)CC2)cc1. The molecule has 2 aliphatic rings. The van der Waals surface area contributed by atoms with E-state index in [9.17, 15) is 13.2 Å². The Balaban J connectivity index is 1.54. The number of hydrogen-bond donors (Lipinski definition) is 1. The number of carbonyl (C=O) groups is 1. The molecule has 0 aliphatic carbocycles. The Morgan fingerprint density at radius 3 is 2.50 bits per heavy atom. The van der Waals surface area contributed by atoms with Crippen molar-refractivity contribution in [3.8, 4) is 17.4 Å². The van der Waals surface area contributed by atoms with Crippen LogP contribution in [-0.2, 0) is 9.84 Å². The highest BCUT2D eigenvalue weighted by atomic mass is 32.2. The Morgan fingerprint density at radius 2 is 1.87 bits per heavy atom. The second-order valence-electron chi connectivity index (χ2n) is 7.22. The summed E-state index contributed by atoms with van der Waals surface area (Å²) in [6.07, 6.45) is 3.06. The van der Waals surface area contributed by atoms with Crippen LogP contribution in [0.1, 0.15) is 12.8 Å². The predicted octanol–water partition coefficient (Wildman–Crippen LogP) is 2.01. The van der Waals surface area contributed by atoms with Crippen molar-refractivity contribution >= 4 is 21.7 Å². The van der Waals surface area contributed by atoms with Gasteiger partial charge in [0.1, 0.15) is 18.7 Å². The summed E-state index contributed by atoms with van der Waals surface area (Å²) >= 11 is 0. The Labute approximate surface area is 174 Å². The van der Waals surface area contributed by atoms with E-state index in [0.717, 1.165) is 6.26 Å². The van der Waals surface area contributed by atoms with Crippen molar-refractivity contribution in [2.24, 2.45) is 0 Å². The molecule has 1 aromatic carbocycles. The maximum atomic E-state index is 11.6. The molecule has 0 spiro atoms. The third-order valence-corrected chi connectivity index (χ3v) is 6.37. The van der Waals surface area contributed by atoms with Gasteiger partial charge in [-0.05, 0) is 37.1 Å². The third kappa shape index (κ3) is 4.11. The minimum atomic E-state index is -3.29. The molecule has 30 heavy (non-hydrogen) atoms. The molecule has 1 saturated heterocycles. The maximum absolute atomic E-state index is 11.6. The standard InChI is InChI=1S/C19H22N4O6S/c1-30(26,27)15-4-2-14(3-5-15)29-18-16-17(20-12-21-18)23(10-11-28-16)13-6-8-22(9-7-13)19(24)25/h2-5,12-13H,6-11H2,1H3,(H,24,25). The van der Waals surface area contributed by atoms with Crippen molar-refractivity contribution in [3.63, 3.8) is 0 Å². The van der Waals surface area contributed by atoms with Crippen molar-refractivity contribution in [2.75, 3.05) is 37.4 Å². The summed E-state index contributed by atoms with van der Waals surface area (Å²) in [5.41, 5.74) is 0. The van der Waals surface area contributed by atoms with Gasteiger partial charge < -0.3 is 24.4 Å². The lowest BCUT2D eigenvalue weighted by Gasteiger charge is -2.40. The minimum Gasteiger partial charge on any atom is -0.483 e. The molecule has 3 heterocycles. The van der Waals surface area contributed by atoms with Crippen LogP contribution in [0, 0.1) is 0 Å². The maximum Gasteiger partial charge on any atom is 0.407 e. The van der Waals surface area contributed by atoms with Crippen LogP contribution in [0.4, 0.5) is 10.6 Å². The molecule has 10 nitrogen and oxygen atoms in total. The molecule has 1 fully saturated rings. The molecule has 0 radical (unpaired) electrons. The summed E-state index contributed by atoms with van der Waals surface area (Å²) in [5.74, 6) is 1.72. The van der Waals surface area contributed by atoms with Gasteiger partial charge in [-0.15, -0.1) is 0 Å². The highest BCUT2D eigenvalue weighted by Crippen LogP contribution is 2.40. The predicted molar refractivity (Wildman–Crippen MR) is 107 cm³/mol. The number of aromatic nitrogens is 2. The largest absolute Gasteiger partial charge is 0.483 e. The third-order valence-electron chi connectivity index (χ3n) is 5.25. The van der Waals surface area contributed by atoms with Gasteiger partial charge in [-0.1, -0.05) is 0 Å². The van der Waals surface area contributed by atoms with Crippen LogP contribution in [0.5, 0.6) is 17.4 Å². The van der Waals surface area contributed by atoms with Crippen LogP contribution in [0.2, 0.25) is 0 Å². The highest BCUT2D eigenvalue weighted by Gasteiger charge is 2.32. The van der Waals surface area contributed by atoms with Crippen LogP contribution >= 0.6 is 0 Å². The van der Waals surface area contributed by atoms with Gasteiger partial charge in [-0.2, -0.15) is 4.98 Å². The lowest BCUT2D eigenvalue weighted by atomic mass is 10.0. The smallest absolute Gasteiger partial charge is 0.407 e. The minimum absolute atomic E-state index is 0.153. The molecule has 1 aromatic heterocycles. The fourth-order valence-electron chi connectivity index (χ4n) is 3.70. The van der Waals surface area contributed by atoms with Crippen LogP contribution < -0.4 is 14.4 Å². The first-order valence-corrected chi connectivity index (χ1v) is 11.4. The van der Waals surface area contributed by atoms with E-state index in [1.54, 1.807) is 12.1 Å². The Bertz CT molecular complexity index is 1040. The first-order valence-electron chi connectivity index (χ1n) is 9.53. The summed E-state index contributed by atoms with van der Waals surface area (Å²) in [5, 5.41) is 9.15. The molecule has 1 N–H and O–H groups in total. The second kappa shape index (κ2) is 7.98. The zero-order valence-corrected chi connectivity index (χ0v) is 17.2. The van der Waals surface area contributed by atoms with Crippen LogP contribution in [-0.4, -0.2) is 73.0 Å². The Morgan fingerprint density at radius 1 is 1.17 bits per heavy atom. The van der Waals surface area contributed by atoms with Gasteiger partial charge in [0.15, 0.2) is 15.7 Å². The molecule has 0 atom stereocenters. The molecule has 2 aromatic rings. The highest BCUT2D eigenvalue weighted by molar-refractivity contribution is 7.90. The fourth-order valence-corrected chi connectivity index (χ4v) is 4.33. The average molecular weight is 434 g/mol. The van der Waals surface area contributed by atoms with E-state index >= 15 is 0 Å². The van der Waals surface area contributed by atoms with Crippen molar-refractivity contribution < 1.29 is 27.8 Å².